The molecule has 1 aromatic rings. The summed E-state index contributed by atoms with van der Waals surface area (Å²) in [7, 11) is 3.80. The number of imide groups is 1. The van der Waals surface area contributed by atoms with Gasteiger partial charge in [0.2, 0.25) is 9.68 Å². The minimum Gasteiger partial charge on any atom is -0.369 e. The van der Waals surface area contributed by atoms with E-state index in [1.807, 2.05) is 0 Å². The Kier molecular flexibility index (Phi) is 6.15. The maximum absolute atomic E-state index is 12.9. The van der Waals surface area contributed by atoms with Crippen LogP contribution in [0, 0.1) is 0 Å². The van der Waals surface area contributed by atoms with Crippen LogP contribution in [-0.2, 0) is 18.9 Å². The van der Waals surface area contributed by atoms with Crippen LogP contribution in [0.1, 0.15) is 40.1 Å². The number of rotatable bonds is 9. The minimum absolute atomic E-state index is 0.308. The van der Waals surface area contributed by atoms with Crippen molar-refractivity contribution >= 4 is 27.6 Å². The Hall–Kier alpha value is -1.84. The zero-order valence-electron chi connectivity index (χ0n) is 15.6. The summed E-state index contributed by atoms with van der Waals surface area (Å²) in [5.74, 6) is -2.38. The number of ether oxygens (including phenoxy) is 4. The summed E-state index contributed by atoms with van der Waals surface area (Å²) < 4.78 is 23.3. The van der Waals surface area contributed by atoms with E-state index >= 15 is 0 Å². The van der Waals surface area contributed by atoms with Gasteiger partial charge in [0.25, 0.3) is 11.8 Å². The predicted molar refractivity (Wildman–Crippen MR) is 96.6 cm³/mol. The van der Waals surface area contributed by atoms with Gasteiger partial charge in [-0.3, -0.25) is 9.59 Å². The molecular formula is C18H23NO6Si. The quantitative estimate of drug-likeness (QED) is 0.372. The molecule has 1 aromatic carbocycles. The fourth-order valence-electron chi connectivity index (χ4n) is 3.11. The molecule has 8 heteroatoms. The summed E-state index contributed by atoms with van der Waals surface area (Å²) in [6.07, 6.45) is 1.56. The van der Waals surface area contributed by atoms with Crippen molar-refractivity contribution in [2.75, 3.05) is 27.9 Å². The SMILES string of the molecule is C=Cc1cccc2c1C(=O)N([Si]C(C)(OCC)C(OC)(OC)OC)C2=O. The fraction of sp³-hybridized carbons (Fsp3) is 0.444. The molecule has 140 valence electrons. The third-order valence-electron chi connectivity index (χ3n) is 4.32. The second-order valence-electron chi connectivity index (χ2n) is 5.67. The molecule has 1 aliphatic rings. The molecule has 0 bridgehead atoms. The van der Waals surface area contributed by atoms with Gasteiger partial charge < -0.3 is 23.5 Å². The van der Waals surface area contributed by atoms with Crippen molar-refractivity contribution in [3.05, 3.63) is 41.5 Å². The molecular weight excluding hydrogens is 354 g/mol. The number of hydrogen-bond donors (Lipinski definition) is 0. The molecule has 0 saturated heterocycles. The molecule has 2 amide bonds. The molecule has 1 atom stereocenters. The highest BCUT2D eigenvalue weighted by Gasteiger charge is 2.56. The number of nitrogens with zero attached hydrogens (tertiary/aromatic N) is 1. The average molecular weight is 377 g/mol. The number of amides is 2. The first kappa shape index (κ1) is 20.5. The van der Waals surface area contributed by atoms with Crippen molar-refractivity contribution < 1.29 is 28.5 Å². The highest BCUT2D eigenvalue weighted by Crippen LogP contribution is 2.34. The molecule has 26 heavy (non-hydrogen) atoms. The minimum atomic E-state index is -1.59. The van der Waals surface area contributed by atoms with Crippen LogP contribution in [0.2, 0.25) is 0 Å². The average Bonchev–Trinajstić information content (AvgIpc) is 2.88. The largest absolute Gasteiger partial charge is 0.369 e. The number of fused-ring (bicyclic) bond motifs is 1. The summed E-state index contributed by atoms with van der Waals surface area (Å²) in [6, 6.07) is 5.09. The van der Waals surface area contributed by atoms with Crippen molar-refractivity contribution in [1.82, 2.24) is 4.57 Å². The van der Waals surface area contributed by atoms with Crippen LogP contribution in [0.4, 0.5) is 0 Å². The number of hydrogen-bond acceptors (Lipinski definition) is 6. The highest BCUT2D eigenvalue weighted by molar-refractivity contribution is 6.51. The van der Waals surface area contributed by atoms with E-state index in [2.05, 4.69) is 6.58 Å². The number of methoxy groups -OCH3 is 3. The van der Waals surface area contributed by atoms with E-state index in [1.165, 1.54) is 21.3 Å². The third-order valence-corrected chi connectivity index (χ3v) is 5.82. The van der Waals surface area contributed by atoms with Gasteiger partial charge in [-0.15, -0.1) is 0 Å². The van der Waals surface area contributed by atoms with Gasteiger partial charge >= 0.3 is 5.97 Å². The summed E-state index contributed by atoms with van der Waals surface area (Å²) in [4.78, 5) is 25.8. The van der Waals surface area contributed by atoms with E-state index in [1.54, 1.807) is 38.1 Å². The van der Waals surface area contributed by atoms with Gasteiger partial charge in [-0.05, 0) is 25.5 Å². The molecule has 1 heterocycles. The smallest absolute Gasteiger partial charge is 0.311 e. The molecule has 0 fully saturated rings. The van der Waals surface area contributed by atoms with Crippen LogP contribution < -0.4 is 0 Å². The van der Waals surface area contributed by atoms with Crippen molar-refractivity contribution in [2.24, 2.45) is 0 Å². The van der Waals surface area contributed by atoms with Crippen LogP contribution in [0.5, 0.6) is 0 Å². The molecule has 0 N–H and O–H groups in total. The molecule has 7 nitrogen and oxygen atoms in total. The Morgan fingerprint density at radius 1 is 1.15 bits per heavy atom. The number of carbonyl (C=O) groups is 2. The van der Waals surface area contributed by atoms with Crippen LogP contribution in [0.3, 0.4) is 0 Å². The van der Waals surface area contributed by atoms with Gasteiger partial charge in [0.15, 0.2) is 5.22 Å². The van der Waals surface area contributed by atoms with Crippen LogP contribution in [0.25, 0.3) is 6.08 Å². The monoisotopic (exact) mass is 377 g/mol. The zero-order valence-corrected chi connectivity index (χ0v) is 16.6. The van der Waals surface area contributed by atoms with Crippen LogP contribution in [-0.4, -0.2) is 65.2 Å². The van der Waals surface area contributed by atoms with Crippen molar-refractivity contribution in [3.63, 3.8) is 0 Å². The Morgan fingerprint density at radius 2 is 1.77 bits per heavy atom. The van der Waals surface area contributed by atoms with Gasteiger partial charge in [0.05, 0.1) is 11.1 Å². The summed E-state index contributed by atoms with van der Waals surface area (Å²) >= 11 is 0. The van der Waals surface area contributed by atoms with E-state index in [4.69, 9.17) is 18.9 Å². The van der Waals surface area contributed by atoms with Crippen LogP contribution in [0.15, 0.2) is 24.8 Å². The van der Waals surface area contributed by atoms with E-state index < -0.39 is 32.7 Å². The maximum atomic E-state index is 12.9. The second-order valence-corrected chi connectivity index (χ2v) is 7.29. The lowest BCUT2D eigenvalue weighted by Gasteiger charge is -2.44. The molecule has 0 spiro atoms. The topological polar surface area (TPSA) is 74.3 Å². The van der Waals surface area contributed by atoms with E-state index in [0.717, 1.165) is 4.57 Å². The Balaban J connectivity index is 2.46. The zero-order chi connectivity index (χ0) is 19.5. The van der Waals surface area contributed by atoms with E-state index in [-0.39, 0.29) is 0 Å². The first-order valence-corrected chi connectivity index (χ1v) is 9.00. The third kappa shape index (κ3) is 3.04. The normalized spacial score (nSPS) is 16.6. The molecule has 0 aliphatic carbocycles. The second kappa shape index (κ2) is 7.81. The Bertz CT molecular complexity index is 709. The summed E-state index contributed by atoms with van der Waals surface area (Å²) in [5, 5.41) is -1.23. The van der Waals surface area contributed by atoms with Gasteiger partial charge in [-0.1, -0.05) is 24.8 Å². The summed E-state index contributed by atoms with van der Waals surface area (Å²) in [6.45, 7) is 7.50. The van der Waals surface area contributed by atoms with Gasteiger partial charge in [0, 0.05) is 27.9 Å². The fourth-order valence-corrected chi connectivity index (χ4v) is 4.62. The molecule has 1 unspecified atom stereocenters. The first-order valence-electron chi connectivity index (χ1n) is 8.06. The highest BCUT2D eigenvalue weighted by atomic mass is 28.2. The lowest BCUT2D eigenvalue weighted by atomic mass is 10.0. The van der Waals surface area contributed by atoms with Gasteiger partial charge in [-0.25, -0.2) is 0 Å². The number of benzene rings is 1. The van der Waals surface area contributed by atoms with Crippen LogP contribution >= 0.6 is 0 Å². The summed E-state index contributed by atoms with van der Waals surface area (Å²) in [5.41, 5.74) is 1.30. The van der Waals surface area contributed by atoms with E-state index in [9.17, 15) is 9.59 Å². The molecule has 1 aliphatic heterocycles. The first-order chi connectivity index (χ1) is 12.3. The number of carbonyl (C=O) groups excluding carboxylic acids is 2. The van der Waals surface area contributed by atoms with Crippen molar-refractivity contribution in [1.29, 1.82) is 0 Å². The van der Waals surface area contributed by atoms with Crippen molar-refractivity contribution in [3.8, 4) is 0 Å². The molecule has 0 aromatic heterocycles. The lowest BCUT2D eigenvalue weighted by Crippen LogP contribution is -2.65. The lowest BCUT2D eigenvalue weighted by molar-refractivity contribution is -0.403. The van der Waals surface area contributed by atoms with Crippen molar-refractivity contribution in [2.45, 2.75) is 25.0 Å². The Morgan fingerprint density at radius 3 is 2.27 bits per heavy atom. The molecule has 0 saturated carbocycles. The van der Waals surface area contributed by atoms with E-state index in [0.29, 0.717) is 23.3 Å². The maximum Gasteiger partial charge on any atom is 0.311 e. The predicted octanol–water partition coefficient (Wildman–Crippen LogP) is 1.89. The Labute approximate surface area is 155 Å². The van der Waals surface area contributed by atoms with Gasteiger partial charge in [0.1, 0.15) is 0 Å². The molecule has 2 rings (SSSR count). The molecule has 2 radical (unpaired) electrons. The standard InChI is InChI=1S/C18H23NO6Si/c1-7-12-10-9-11-13-14(12)16(21)19(15(13)20)26-17(3,25-8-2)18(22-4,23-5)24-6/h7,9-11H,1,8H2,2-6H3. The van der Waals surface area contributed by atoms with Gasteiger partial charge in [-0.2, -0.15) is 0 Å².